The van der Waals surface area contributed by atoms with Crippen LogP contribution in [0.15, 0.2) is 49.1 Å². The lowest BCUT2D eigenvalue weighted by atomic mass is 9.97. The summed E-state index contributed by atoms with van der Waals surface area (Å²) in [4.78, 5) is 14.7. The molecule has 7 nitrogen and oxygen atoms in total. The van der Waals surface area contributed by atoms with Crippen LogP contribution in [0.5, 0.6) is 0 Å². The average molecular weight is 480 g/mol. The molecule has 0 aliphatic heterocycles. The molecular weight excluding hydrogens is 434 g/mol. The molecule has 0 spiro atoms. The van der Waals surface area contributed by atoms with E-state index in [2.05, 4.69) is 63.3 Å². The first-order valence-corrected chi connectivity index (χ1v) is 13.3. The first-order chi connectivity index (χ1) is 17.1. The molecule has 7 heteroatoms. The summed E-state index contributed by atoms with van der Waals surface area (Å²) in [6.45, 7) is 8.85. The van der Waals surface area contributed by atoms with E-state index < -0.39 is 0 Å². The topological polar surface area (TPSA) is 87.8 Å². The van der Waals surface area contributed by atoms with E-state index in [9.17, 15) is 0 Å². The number of nitrogens with two attached hydrogens (primary N) is 1. The Kier molecular flexibility index (Phi) is 11.5. The third-order valence-corrected chi connectivity index (χ3v) is 6.64. The van der Waals surface area contributed by atoms with E-state index in [0.29, 0.717) is 6.54 Å². The molecule has 2 atom stereocenters. The highest BCUT2D eigenvalue weighted by molar-refractivity contribution is 5.26. The molecule has 2 heterocycles. The molecule has 2 unspecified atom stereocenters. The van der Waals surface area contributed by atoms with Crippen molar-refractivity contribution in [1.29, 1.82) is 0 Å². The minimum absolute atomic E-state index is 0.148. The second-order valence-electron chi connectivity index (χ2n) is 9.67. The molecule has 0 amide bonds. The van der Waals surface area contributed by atoms with Crippen molar-refractivity contribution in [3.8, 4) is 0 Å². The van der Waals surface area contributed by atoms with Gasteiger partial charge in [0.15, 0.2) is 0 Å². The van der Waals surface area contributed by atoms with Crippen LogP contribution in [0.25, 0.3) is 0 Å². The average Bonchev–Trinajstić information content (AvgIpc) is 3.52. The number of benzene rings is 1. The van der Waals surface area contributed by atoms with Gasteiger partial charge in [-0.05, 0) is 62.9 Å². The molecule has 0 aliphatic carbocycles. The van der Waals surface area contributed by atoms with Crippen LogP contribution in [-0.4, -0.2) is 50.1 Å². The van der Waals surface area contributed by atoms with Gasteiger partial charge < -0.3 is 25.5 Å². The van der Waals surface area contributed by atoms with Gasteiger partial charge in [-0.3, -0.25) is 0 Å². The highest BCUT2D eigenvalue weighted by Gasteiger charge is 2.15. The van der Waals surface area contributed by atoms with E-state index >= 15 is 0 Å². The Morgan fingerprint density at radius 3 is 2.40 bits per heavy atom. The molecule has 0 radical (unpaired) electrons. The molecule has 192 valence electrons. The second-order valence-corrected chi connectivity index (χ2v) is 9.67. The number of hydrogen-bond acceptors (Lipinski definition) is 5. The van der Waals surface area contributed by atoms with E-state index in [1.807, 2.05) is 30.2 Å². The van der Waals surface area contributed by atoms with E-state index in [0.717, 1.165) is 30.9 Å². The number of aromatic amines is 1. The lowest BCUT2D eigenvalue weighted by Crippen LogP contribution is -2.27. The summed E-state index contributed by atoms with van der Waals surface area (Å²) in [7, 11) is 2.02. The van der Waals surface area contributed by atoms with Crippen LogP contribution in [0, 0.1) is 0 Å². The van der Waals surface area contributed by atoms with Gasteiger partial charge >= 0.3 is 0 Å². The van der Waals surface area contributed by atoms with Crippen molar-refractivity contribution in [2.45, 2.75) is 77.4 Å². The predicted octanol–water partition coefficient (Wildman–Crippen LogP) is 4.38. The SMILES string of the molecule is CCCN(CCC)CCCCC(N)Cc1ccc(C(Cc2ncc[nH]2)NCc2nccn2C)cc1. The van der Waals surface area contributed by atoms with Gasteiger partial charge in [-0.1, -0.05) is 44.5 Å². The van der Waals surface area contributed by atoms with Crippen LogP contribution >= 0.6 is 0 Å². The van der Waals surface area contributed by atoms with Crippen molar-refractivity contribution in [1.82, 2.24) is 29.7 Å². The Morgan fingerprint density at radius 1 is 1.00 bits per heavy atom. The molecule has 0 bridgehead atoms. The largest absolute Gasteiger partial charge is 0.349 e. The normalized spacial score (nSPS) is 13.4. The van der Waals surface area contributed by atoms with Gasteiger partial charge in [0.05, 0.1) is 6.54 Å². The van der Waals surface area contributed by atoms with Crippen LogP contribution in [0.3, 0.4) is 0 Å². The van der Waals surface area contributed by atoms with Gasteiger partial charge in [0.1, 0.15) is 11.6 Å². The zero-order valence-corrected chi connectivity index (χ0v) is 21.9. The Morgan fingerprint density at radius 2 is 1.77 bits per heavy atom. The number of imidazole rings is 2. The van der Waals surface area contributed by atoms with Gasteiger partial charge in [-0.2, -0.15) is 0 Å². The summed E-state index contributed by atoms with van der Waals surface area (Å²) in [5.41, 5.74) is 9.05. The summed E-state index contributed by atoms with van der Waals surface area (Å²) in [6, 6.07) is 9.29. The molecule has 0 aliphatic rings. The third kappa shape index (κ3) is 9.24. The van der Waals surface area contributed by atoms with E-state index in [1.165, 1.54) is 56.4 Å². The van der Waals surface area contributed by atoms with Crippen molar-refractivity contribution in [3.63, 3.8) is 0 Å². The van der Waals surface area contributed by atoms with Crippen LogP contribution in [0.1, 0.15) is 74.8 Å². The summed E-state index contributed by atoms with van der Waals surface area (Å²) < 4.78 is 2.05. The summed E-state index contributed by atoms with van der Waals surface area (Å²) in [6.07, 6.45) is 15.2. The molecule has 2 aromatic heterocycles. The first kappa shape index (κ1) is 27.1. The molecule has 0 saturated carbocycles. The lowest BCUT2D eigenvalue weighted by molar-refractivity contribution is 0.267. The highest BCUT2D eigenvalue weighted by atomic mass is 15.1. The number of aryl methyl sites for hydroxylation is 1. The quantitative estimate of drug-likeness (QED) is 0.250. The van der Waals surface area contributed by atoms with E-state index in [1.54, 1.807) is 6.20 Å². The number of nitrogens with zero attached hydrogens (tertiary/aromatic N) is 4. The maximum atomic E-state index is 6.50. The van der Waals surface area contributed by atoms with Crippen LogP contribution in [0.4, 0.5) is 0 Å². The molecule has 3 rings (SSSR count). The molecule has 0 fully saturated rings. The fourth-order valence-electron chi connectivity index (χ4n) is 4.69. The maximum absolute atomic E-state index is 6.50. The molecule has 4 N–H and O–H groups in total. The van der Waals surface area contributed by atoms with Gasteiger partial charge in [-0.15, -0.1) is 0 Å². The Bertz CT molecular complexity index is 927. The zero-order chi connectivity index (χ0) is 24.9. The third-order valence-electron chi connectivity index (χ3n) is 6.64. The van der Waals surface area contributed by atoms with Crippen molar-refractivity contribution >= 4 is 0 Å². The van der Waals surface area contributed by atoms with Crippen molar-refractivity contribution in [3.05, 3.63) is 71.8 Å². The number of H-pyrrole nitrogens is 1. The number of hydrogen-bond donors (Lipinski definition) is 3. The van der Waals surface area contributed by atoms with Crippen molar-refractivity contribution in [2.75, 3.05) is 19.6 Å². The molecule has 35 heavy (non-hydrogen) atoms. The van der Waals surface area contributed by atoms with Gasteiger partial charge in [0.2, 0.25) is 0 Å². The van der Waals surface area contributed by atoms with Gasteiger partial charge in [-0.25, -0.2) is 9.97 Å². The summed E-state index contributed by atoms with van der Waals surface area (Å²) in [5.74, 6) is 1.99. The van der Waals surface area contributed by atoms with E-state index in [-0.39, 0.29) is 12.1 Å². The zero-order valence-electron chi connectivity index (χ0n) is 21.9. The fraction of sp³-hybridized carbons (Fsp3) is 0.571. The number of unbranched alkanes of at least 4 members (excludes halogenated alkanes) is 1. The minimum Gasteiger partial charge on any atom is -0.349 e. The first-order valence-electron chi connectivity index (χ1n) is 13.3. The molecular formula is C28H45N7. The minimum atomic E-state index is 0.148. The van der Waals surface area contributed by atoms with Crippen molar-refractivity contribution < 1.29 is 0 Å². The maximum Gasteiger partial charge on any atom is 0.122 e. The summed E-state index contributed by atoms with van der Waals surface area (Å²) >= 11 is 0. The molecule has 1 aromatic carbocycles. The predicted molar refractivity (Wildman–Crippen MR) is 144 cm³/mol. The van der Waals surface area contributed by atoms with Crippen LogP contribution in [0.2, 0.25) is 0 Å². The van der Waals surface area contributed by atoms with Crippen molar-refractivity contribution in [2.24, 2.45) is 12.8 Å². The smallest absolute Gasteiger partial charge is 0.122 e. The van der Waals surface area contributed by atoms with Gasteiger partial charge in [0.25, 0.3) is 0 Å². The standard InChI is InChI=1S/C28H45N7/c1-4-16-35(17-5-2)18-7-6-8-25(29)20-23-9-11-24(12-10-23)26(21-27-30-13-14-31-27)33-22-28-32-15-19-34(28)3/h9-15,19,25-26,33H,4-8,16-18,20-22,29H2,1-3H3,(H,30,31). The molecule has 3 aromatic rings. The number of nitrogens with one attached hydrogen (secondary N) is 2. The Hall–Kier alpha value is -2.48. The van der Waals surface area contributed by atoms with Gasteiger partial charge in [0, 0.05) is 50.3 Å². The number of aromatic nitrogens is 4. The second kappa shape index (κ2) is 14.8. The fourth-order valence-corrected chi connectivity index (χ4v) is 4.69. The van der Waals surface area contributed by atoms with Crippen LogP contribution in [-0.2, 0) is 26.4 Å². The number of rotatable bonds is 17. The highest BCUT2D eigenvalue weighted by Crippen LogP contribution is 2.19. The van der Waals surface area contributed by atoms with E-state index in [4.69, 9.17) is 5.73 Å². The van der Waals surface area contributed by atoms with Crippen LogP contribution < -0.4 is 11.1 Å². The Balaban J connectivity index is 1.50. The Labute approximate surface area is 211 Å². The lowest BCUT2D eigenvalue weighted by Gasteiger charge is -2.21. The monoisotopic (exact) mass is 479 g/mol. The molecule has 0 saturated heterocycles. The summed E-state index contributed by atoms with van der Waals surface area (Å²) in [5, 5.41) is 3.67.